The number of primary amides is 1. The molecular formula is C12H16N2O3. The molecule has 0 aliphatic heterocycles. The molecule has 4 N–H and O–H groups in total. The van der Waals surface area contributed by atoms with E-state index < -0.39 is 11.9 Å². The molecular weight excluding hydrogens is 220 g/mol. The zero-order valence-electron chi connectivity index (χ0n) is 9.64. The number of hydrogen-bond donors (Lipinski definition) is 3. The fourth-order valence-corrected chi connectivity index (χ4v) is 1.46. The Labute approximate surface area is 99.6 Å². The smallest absolute Gasteiger partial charge is 0.303 e. The summed E-state index contributed by atoms with van der Waals surface area (Å²) >= 11 is 0. The number of anilines is 1. The fraction of sp³-hybridized carbons (Fsp3) is 0.333. The van der Waals surface area contributed by atoms with Gasteiger partial charge in [0.05, 0.1) is 0 Å². The van der Waals surface area contributed by atoms with Crippen molar-refractivity contribution < 1.29 is 14.7 Å². The van der Waals surface area contributed by atoms with Crippen molar-refractivity contribution in [3.8, 4) is 0 Å². The lowest BCUT2D eigenvalue weighted by Gasteiger charge is -2.14. The molecule has 1 aromatic rings. The summed E-state index contributed by atoms with van der Waals surface area (Å²) in [6.45, 7) is 1.89. The number of benzene rings is 1. The van der Waals surface area contributed by atoms with Gasteiger partial charge in [-0.25, -0.2) is 0 Å². The van der Waals surface area contributed by atoms with Crippen LogP contribution in [0.25, 0.3) is 0 Å². The highest BCUT2D eigenvalue weighted by Crippen LogP contribution is 2.13. The molecule has 0 aliphatic rings. The molecule has 1 rings (SSSR count). The third-order valence-corrected chi connectivity index (χ3v) is 2.35. The number of amides is 1. The van der Waals surface area contributed by atoms with Gasteiger partial charge in [-0.15, -0.1) is 0 Å². The van der Waals surface area contributed by atoms with Gasteiger partial charge in [0.15, 0.2) is 0 Å². The Kier molecular flexibility index (Phi) is 4.51. The first kappa shape index (κ1) is 13.0. The standard InChI is InChI=1S/C12H16N2O3/c1-8(5-6-11(15)16)14-10-4-2-3-9(7-10)12(13)17/h2-4,7-8,14H,5-6H2,1H3,(H2,13,17)(H,15,16). The van der Waals surface area contributed by atoms with Crippen molar-refractivity contribution in [1.82, 2.24) is 0 Å². The molecule has 92 valence electrons. The predicted octanol–water partition coefficient (Wildman–Crippen LogP) is 1.45. The lowest BCUT2D eigenvalue weighted by molar-refractivity contribution is -0.137. The van der Waals surface area contributed by atoms with E-state index in [1.165, 1.54) is 0 Å². The fourth-order valence-electron chi connectivity index (χ4n) is 1.46. The van der Waals surface area contributed by atoms with E-state index in [9.17, 15) is 9.59 Å². The van der Waals surface area contributed by atoms with E-state index in [1.54, 1.807) is 18.2 Å². The van der Waals surface area contributed by atoms with E-state index in [1.807, 2.05) is 13.0 Å². The van der Waals surface area contributed by atoms with E-state index in [4.69, 9.17) is 10.8 Å². The van der Waals surface area contributed by atoms with Crippen molar-refractivity contribution in [3.05, 3.63) is 29.8 Å². The van der Waals surface area contributed by atoms with Gasteiger partial charge in [0, 0.05) is 23.7 Å². The highest BCUT2D eigenvalue weighted by atomic mass is 16.4. The predicted molar refractivity (Wildman–Crippen MR) is 64.9 cm³/mol. The first-order chi connectivity index (χ1) is 7.99. The molecule has 0 aromatic heterocycles. The van der Waals surface area contributed by atoms with Crippen LogP contribution in [-0.2, 0) is 4.79 Å². The normalized spacial score (nSPS) is 11.8. The van der Waals surface area contributed by atoms with Gasteiger partial charge in [0.25, 0.3) is 0 Å². The van der Waals surface area contributed by atoms with Crippen LogP contribution in [0.5, 0.6) is 0 Å². The third kappa shape index (κ3) is 4.55. The van der Waals surface area contributed by atoms with E-state index in [2.05, 4.69) is 5.32 Å². The Morgan fingerprint density at radius 2 is 2.18 bits per heavy atom. The molecule has 5 heteroatoms. The summed E-state index contributed by atoms with van der Waals surface area (Å²) in [6, 6.07) is 6.85. The summed E-state index contributed by atoms with van der Waals surface area (Å²) in [5, 5.41) is 11.7. The molecule has 1 atom stereocenters. The lowest BCUT2D eigenvalue weighted by Crippen LogP contribution is -2.17. The second kappa shape index (κ2) is 5.89. The largest absolute Gasteiger partial charge is 0.481 e. The van der Waals surface area contributed by atoms with Crippen LogP contribution in [0.2, 0.25) is 0 Å². The number of rotatable bonds is 6. The number of carboxylic acid groups (broad SMARTS) is 1. The maximum absolute atomic E-state index is 11.0. The number of carboxylic acids is 1. The molecule has 0 aliphatic carbocycles. The molecule has 1 aromatic carbocycles. The van der Waals surface area contributed by atoms with Crippen LogP contribution < -0.4 is 11.1 Å². The molecule has 1 amide bonds. The van der Waals surface area contributed by atoms with Gasteiger partial charge in [0.2, 0.25) is 5.91 Å². The van der Waals surface area contributed by atoms with Gasteiger partial charge in [-0.2, -0.15) is 0 Å². The van der Waals surface area contributed by atoms with Crippen LogP contribution in [0.1, 0.15) is 30.1 Å². The Morgan fingerprint density at radius 3 is 2.76 bits per heavy atom. The monoisotopic (exact) mass is 236 g/mol. The first-order valence-corrected chi connectivity index (χ1v) is 5.37. The van der Waals surface area contributed by atoms with Gasteiger partial charge in [-0.3, -0.25) is 9.59 Å². The minimum Gasteiger partial charge on any atom is -0.481 e. The summed E-state index contributed by atoms with van der Waals surface area (Å²) in [5.41, 5.74) is 6.36. The number of hydrogen-bond acceptors (Lipinski definition) is 3. The van der Waals surface area contributed by atoms with Crippen molar-refractivity contribution in [2.45, 2.75) is 25.8 Å². The molecule has 0 fully saturated rings. The molecule has 5 nitrogen and oxygen atoms in total. The molecule has 0 saturated heterocycles. The maximum Gasteiger partial charge on any atom is 0.303 e. The van der Waals surface area contributed by atoms with Crippen LogP contribution in [0.15, 0.2) is 24.3 Å². The topological polar surface area (TPSA) is 92.4 Å². The molecule has 0 radical (unpaired) electrons. The summed E-state index contributed by atoms with van der Waals surface area (Å²) in [5.74, 6) is -1.30. The second-order valence-electron chi connectivity index (χ2n) is 3.92. The molecule has 0 bridgehead atoms. The highest BCUT2D eigenvalue weighted by molar-refractivity contribution is 5.93. The van der Waals surface area contributed by atoms with Crippen molar-refractivity contribution >= 4 is 17.6 Å². The average Bonchev–Trinajstić information content (AvgIpc) is 2.26. The zero-order chi connectivity index (χ0) is 12.8. The lowest BCUT2D eigenvalue weighted by atomic mass is 10.1. The van der Waals surface area contributed by atoms with Crippen molar-refractivity contribution in [1.29, 1.82) is 0 Å². The van der Waals surface area contributed by atoms with Gasteiger partial charge in [-0.05, 0) is 31.5 Å². The zero-order valence-corrected chi connectivity index (χ0v) is 9.64. The summed E-state index contributed by atoms with van der Waals surface area (Å²) in [4.78, 5) is 21.4. The van der Waals surface area contributed by atoms with Crippen LogP contribution >= 0.6 is 0 Å². The minimum atomic E-state index is -0.815. The van der Waals surface area contributed by atoms with Crippen LogP contribution in [0, 0.1) is 0 Å². The van der Waals surface area contributed by atoms with Crippen molar-refractivity contribution in [2.75, 3.05) is 5.32 Å². The molecule has 0 heterocycles. The van der Waals surface area contributed by atoms with Gasteiger partial charge in [-0.1, -0.05) is 6.07 Å². The van der Waals surface area contributed by atoms with Crippen LogP contribution in [0.4, 0.5) is 5.69 Å². The van der Waals surface area contributed by atoms with Crippen molar-refractivity contribution in [2.24, 2.45) is 5.73 Å². The van der Waals surface area contributed by atoms with E-state index in [0.717, 1.165) is 5.69 Å². The first-order valence-electron chi connectivity index (χ1n) is 5.37. The summed E-state index contributed by atoms with van der Waals surface area (Å²) in [7, 11) is 0. The number of carbonyl (C=O) groups excluding carboxylic acids is 1. The van der Waals surface area contributed by atoms with Crippen LogP contribution in [0.3, 0.4) is 0 Å². The number of nitrogens with one attached hydrogen (secondary N) is 1. The number of aliphatic carboxylic acids is 1. The van der Waals surface area contributed by atoms with Gasteiger partial charge in [0.1, 0.15) is 0 Å². The van der Waals surface area contributed by atoms with Crippen LogP contribution in [-0.4, -0.2) is 23.0 Å². The summed E-state index contributed by atoms with van der Waals surface area (Å²) < 4.78 is 0. The van der Waals surface area contributed by atoms with E-state index in [-0.39, 0.29) is 12.5 Å². The van der Waals surface area contributed by atoms with Gasteiger partial charge < -0.3 is 16.2 Å². The maximum atomic E-state index is 11.0. The quantitative estimate of drug-likeness (QED) is 0.697. The van der Waals surface area contributed by atoms with E-state index in [0.29, 0.717) is 12.0 Å². The highest BCUT2D eigenvalue weighted by Gasteiger charge is 2.06. The number of nitrogens with two attached hydrogens (primary N) is 1. The average molecular weight is 236 g/mol. The third-order valence-electron chi connectivity index (χ3n) is 2.35. The molecule has 0 spiro atoms. The van der Waals surface area contributed by atoms with Crippen molar-refractivity contribution in [3.63, 3.8) is 0 Å². The Balaban J connectivity index is 2.58. The Hall–Kier alpha value is -2.04. The second-order valence-corrected chi connectivity index (χ2v) is 3.92. The summed E-state index contributed by atoms with van der Waals surface area (Å²) in [6.07, 6.45) is 0.639. The Morgan fingerprint density at radius 1 is 1.47 bits per heavy atom. The van der Waals surface area contributed by atoms with Gasteiger partial charge >= 0.3 is 5.97 Å². The minimum absolute atomic E-state index is 0.0224. The molecule has 17 heavy (non-hydrogen) atoms. The number of carbonyl (C=O) groups is 2. The SMILES string of the molecule is CC(CCC(=O)O)Nc1cccc(C(N)=O)c1. The molecule has 0 saturated carbocycles. The molecule has 1 unspecified atom stereocenters. The Bertz CT molecular complexity index is 418. The van der Waals surface area contributed by atoms with E-state index >= 15 is 0 Å².